The highest BCUT2D eigenvalue weighted by Gasteiger charge is 2.25. The molecular formula is C16H14ClN5O. The second-order valence-corrected chi connectivity index (χ2v) is 5.31. The van der Waals surface area contributed by atoms with E-state index in [1.165, 1.54) is 6.33 Å². The molecule has 0 aliphatic heterocycles. The van der Waals surface area contributed by atoms with Gasteiger partial charge in [-0.15, -0.1) is 0 Å². The van der Waals surface area contributed by atoms with Gasteiger partial charge in [0, 0.05) is 16.8 Å². The average molecular weight is 328 g/mol. The van der Waals surface area contributed by atoms with E-state index in [0.29, 0.717) is 16.4 Å². The van der Waals surface area contributed by atoms with Gasteiger partial charge in [0.25, 0.3) is 5.91 Å². The molecule has 0 aliphatic carbocycles. The van der Waals surface area contributed by atoms with E-state index in [-0.39, 0.29) is 12.1 Å². The summed E-state index contributed by atoms with van der Waals surface area (Å²) in [5, 5.41) is 4.69. The van der Waals surface area contributed by atoms with Crippen molar-refractivity contribution in [3.63, 3.8) is 0 Å². The van der Waals surface area contributed by atoms with Crippen LogP contribution in [0.5, 0.6) is 0 Å². The Morgan fingerprint density at radius 1 is 1.22 bits per heavy atom. The molecule has 0 fully saturated rings. The molecule has 23 heavy (non-hydrogen) atoms. The van der Waals surface area contributed by atoms with E-state index in [0.717, 1.165) is 0 Å². The Morgan fingerprint density at radius 2 is 2.00 bits per heavy atom. The molecule has 1 unspecified atom stereocenters. The lowest BCUT2D eigenvalue weighted by molar-refractivity contribution is 0.0966. The van der Waals surface area contributed by atoms with Gasteiger partial charge < -0.3 is 0 Å². The molecule has 0 N–H and O–H groups in total. The summed E-state index contributed by atoms with van der Waals surface area (Å²) in [4.78, 5) is 22.8. The van der Waals surface area contributed by atoms with Crippen molar-refractivity contribution in [1.29, 1.82) is 0 Å². The fourth-order valence-corrected chi connectivity index (χ4v) is 2.35. The van der Waals surface area contributed by atoms with Gasteiger partial charge in [-0.3, -0.25) is 9.69 Å². The first-order valence-corrected chi connectivity index (χ1v) is 7.39. The first kappa shape index (κ1) is 15.2. The molecule has 3 aromatic rings. The van der Waals surface area contributed by atoms with Gasteiger partial charge in [0.2, 0.25) is 0 Å². The third-order valence-electron chi connectivity index (χ3n) is 3.40. The quantitative estimate of drug-likeness (QED) is 0.738. The second kappa shape index (κ2) is 6.58. The lowest BCUT2D eigenvalue weighted by Crippen LogP contribution is -2.37. The largest absolute Gasteiger partial charge is 0.270 e. The third kappa shape index (κ3) is 3.22. The lowest BCUT2D eigenvalue weighted by Gasteiger charge is -2.28. The van der Waals surface area contributed by atoms with Crippen LogP contribution in [0, 0.1) is 0 Å². The molecule has 1 amide bonds. The minimum atomic E-state index is -0.379. The monoisotopic (exact) mass is 327 g/mol. The van der Waals surface area contributed by atoms with Crippen LogP contribution >= 0.6 is 11.6 Å². The standard InChI is InChI=1S/C16H14ClN5O/c1-12(21-11-18-10-20-21)22(15-4-2-3-9-19-15)16(23)13-5-7-14(17)8-6-13/h2-12H,1H3. The fraction of sp³-hybridized carbons (Fsp3) is 0.125. The summed E-state index contributed by atoms with van der Waals surface area (Å²) in [6.07, 6.45) is 4.26. The molecule has 0 saturated heterocycles. The zero-order valence-electron chi connectivity index (χ0n) is 12.4. The molecule has 0 aliphatic rings. The van der Waals surface area contributed by atoms with E-state index in [1.807, 2.05) is 13.0 Å². The van der Waals surface area contributed by atoms with E-state index in [4.69, 9.17) is 11.6 Å². The number of anilines is 1. The number of carbonyl (C=O) groups excluding carboxylic acids is 1. The van der Waals surface area contributed by atoms with Crippen LogP contribution in [0.2, 0.25) is 5.02 Å². The van der Waals surface area contributed by atoms with Crippen molar-refractivity contribution in [3.05, 3.63) is 71.9 Å². The van der Waals surface area contributed by atoms with Crippen LogP contribution in [-0.4, -0.2) is 25.7 Å². The lowest BCUT2D eigenvalue weighted by atomic mass is 10.2. The normalized spacial score (nSPS) is 11.9. The Balaban J connectivity index is 2.01. The van der Waals surface area contributed by atoms with Crippen molar-refractivity contribution in [2.45, 2.75) is 13.1 Å². The van der Waals surface area contributed by atoms with E-state index < -0.39 is 0 Å². The highest BCUT2D eigenvalue weighted by molar-refractivity contribution is 6.30. The predicted octanol–water partition coefficient (Wildman–Crippen LogP) is 3.19. The molecule has 0 saturated carbocycles. The highest BCUT2D eigenvalue weighted by Crippen LogP contribution is 2.23. The van der Waals surface area contributed by atoms with Crippen LogP contribution < -0.4 is 4.90 Å². The summed E-state index contributed by atoms with van der Waals surface area (Å²) >= 11 is 5.90. The number of nitrogens with zero attached hydrogens (tertiary/aromatic N) is 5. The Morgan fingerprint density at radius 3 is 2.61 bits per heavy atom. The molecular weight excluding hydrogens is 314 g/mol. The number of amides is 1. The van der Waals surface area contributed by atoms with Crippen molar-refractivity contribution in [2.75, 3.05) is 4.90 Å². The average Bonchev–Trinajstić information content (AvgIpc) is 3.11. The van der Waals surface area contributed by atoms with E-state index in [1.54, 1.807) is 58.5 Å². The highest BCUT2D eigenvalue weighted by atomic mass is 35.5. The summed E-state index contributed by atoms with van der Waals surface area (Å²) in [7, 11) is 0. The maximum absolute atomic E-state index is 13.0. The van der Waals surface area contributed by atoms with E-state index >= 15 is 0 Å². The first-order valence-electron chi connectivity index (χ1n) is 7.01. The van der Waals surface area contributed by atoms with Gasteiger partial charge in [-0.1, -0.05) is 17.7 Å². The summed E-state index contributed by atoms with van der Waals surface area (Å²) in [5.74, 6) is 0.346. The van der Waals surface area contributed by atoms with Crippen LogP contribution in [-0.2, 0) is 0 Å². The van der Waals surface area contributed by atoms with Crippen LogP contribution in [0.1, 0.15) is 23.4 Å². The van der Waals surface area contributed by atoms with Crippen LogP contribution in [0.4, 0.5) is 5.82 Å². The van der Waals surface area contributed by atoms with Crippen LogP contribution in [0.15, 0.2) is 61.3 Å². The Labute approximate surface area is 138 Å². The topological polar surface area (TPSA) is 63.9 Å². The van der Waals surface area contributed by atoms with Crippen molar-refractivity contribution in [1.82, 2.24) is 19.7 Å². The molecule has 1 atom stereocenters. The number of hydrogen-bond acceptors (Lipinski definition) is 4. The smallest absolute Gasteiger partial charge is 0.261 e. The first-order chi connectivity index (χ1) is 11.2. The molecule has 2 aromatic heterocycles. The molecule has 0 radical (unpaired) electrons. The summed E-state index contributed by atoms with van der Waals surface area (Å²) in [5.41, 5.74) is 0.520. The molecule has 0 spiro atoms. The SMILES string of the molecule is CC(N(C(=O)c1ccc(Cl)cc1)c1ccccn1)n1cncn1. The number of aromatic nitrogens is 4. The number of rotatable bonds is 4. The number of benzene rings is 1. The van der Waals surface area contributed by atoms with Gasteiger partial charge in [-0.05, 0) is 43.3 Å². The maximum Gasteiger partial charge on any atom is 0.261 e. The zero-order valence-corrected chi connectivity index (χ0v) is 13.1. The van der Waals surface area contributed by atoms with Gasteiger partial charge in [-0.2, -0.15) is 5.10 Å². The molecule has 116 valence electrons. The second-order valence-electron chi connectivity index (χ2n) is 4.88. The third-order valence-corrected chi connectivity index (χ3v) is 3.65. The van der Waals surface area contributed by atoms with Gasteiger partial charge in [0.1, 0.15) is 24.6 Å². The van der Waals surface area contributed by atoms with E-state index in [9.17, 15) is 4.79 Å². The summed E-state index contributed by atoms with van der Waals surface area (Å²) < 4.78 is 1.60. The molecule has 7 heteroatoms. The van der Waals surface area contributed by atoms with E-state index in [2.05, 4.69) is 15.1 Å². The van der Waals surface area contributed by atoms with Crippen molar-refractivity contribution in [2.24, 2.45) is 0 Å². The minimum absolute atomic E-state index is 0.191. The summed E-state index contributed by atoms with van der Waals surface area (Å²) in [6, 6.07) is 12.2. The van der Waals surface area contributed by atoms with Crippen molar-refractivity contribution in [3.8, 4) is 0 Å². The van der Waals surface area contributed by atoms with Crippen LogP contribution in [0.3, 0.4) is 0 Å². The maximum atomic E-state index is 13.0. The molecule has 1 aromatic carbocycles. The molecule has 6 nitrogen and oxygen atoms in total. The number of carbonyl (C=O) groups is 1. The Hall–Kier alpha value is -2.73. The Kier molecular flexibility index (Phi) is 4.34. The minimum Gasteiger partial charge on any atom is -0.270 e. The van der Waals surface area contributed by atoms with Crippen molar-refractivity contribution < 1.29 is 4.79 Å². The van der Waals surface area contributed by atoms with Crippen LogP contribution in [0.25, 0.3) is 0 Å². The number of hydrogen-bond donors (Lipinski definition) is 0. The summed E-state index contributed by atoms with van der Waals surface area (Å²) in [6.45, 7) is 1.86. The number of pyridine rings is 1. The van der Waals surface area contributed by atoms with Gasteiger partial charge >= 0.3 is 0 Å². The van der Waals surface area contributed by atoms with Gasteiger partial charge in [0.15, 0.2) is 0 Å². The molecule has 0 bridgehead atoms. The zero-order chi connectivity index (χ0) is 16.2. The fourth-order valence-electron chi connectivity index (χ4n) is 2.22. The molecule has 2 heterocycles. The van der Waals surface area contributed by atoms with Crippen molar-refractivity contribution >= 4 is 23.3 Å². The predicted molar refractivity (Wildman–Crippen MR) is 87.2 cm³/mol. The van der Waals surface area contributed by atoms with Gasteiger partial charge in [0.05, 0.1) is 0 Å². The Bertz CT molecular complexity index is 774. The molecule has 3 rings (SSSR count). The van der Waals surface area contributed by atoms with Gasteiger partial charge in [-0.25, -0.2) is 14.6 Å². The number of halogens is 1.